The lowest BCUT2D eigenvalue weighted by Crippen LogP contribution is -2.01. The molecule has 0 heterocycles. The molecule has 0 radical (unpaired) electrons. The van der Waals surface area contributed by atoms with Gasteiger partial charge >= 0.3 is 0 Å². The van der Waals surface area contributed by atoms with Crippen LogP contribution in [0, 0.1) is 13.8 Å². The fraction of sp³-hybridized carbons (Fsp3) is 0.538. The third-order valence-electron chi connectivity index (χ3n) is 2.77. The van der Waals surface area contributed by atoms with Crippen molar-refractivity contribution in [3.05, 3.63) is 28.8 Å². The van der Waals surface area contributed by atoms with Gasteiger partial charge < -0.3 is 9.84 Å². The van der Waals surface area contributed by atoms with E-state index in [-0.39, 0.29) is 0 Å². The molecule has 15 heavy (non-hydrogen) atoms. The minimum absolute atomic E-state index is 0.413. The van der Waals surface area contributed by atoms with Gasteiger partial charge in [-0.25, -0.2) is 0 Å². The Kier molecular flexibility index (Phi) is 4.15. The largest absolute Gasteiger partial charge is 0.496 e. The normalized spacial score (nSPS) is 12.6. The summed E-state index contributed by atoms with van der Waals surface area (Å²) in [7, 11) is 1.65. The van der Waals surface area contributed by atoms with Gasteiger partial charge in [0.2, 0.25) is 0 Å². The maximum absolute atomic E-state index is 9.97. The number of methoxy groups -OCH3 is 1. The lowest BCUT2D eigenvalue weighted by molar-refractivity contribution is 0.162. The number of hydrogen-bond donors (Lipinski definition) is 1. The molecule has 2 nitrogen and oxygen atoms in total. The average Bonchev–Trinajstić information content (AvgIpc) is 2.21. The van der Waals surface area contributed by atoms with Gasteiger partial charge in [-0.05, 0) is 43.5 Å². The molecular weight excluding hydrogens is 188 g/mol. The number of aliphatic hydroxyl groups excluding tert-OH is 1. The van der Waals surface area contributed by atoms with E-state index >= 15 is 0 Å². The van der Waals surface area contributed by atoms with Gasteiger partial charge in [-0.3, -0.25) is 0 Å². The Balaban J connectivity index is 3.09. The zero-order valence-electron chi connectivity index (χ0n) is 10.0. The molecule has 84 valence electrons. The van der Waals surface area contributed by atoms with Crippen LogP contribution in [0.15, 0.2) is 12.1 Å². The molecule has 1 N–H and O–H groups in total. The second kappa shape index (κ2) is 5.17. The van der Waals surface area contributed by atoms with Gasteiger partial charge in [-0.2, -0.15) is 0 Å². The molecule has 0 bridgehead atoms. The Hall–Kier alpha value is -1.02. The number of aliphatic hydroxyl groups is 1. The molecule has 0 amide bonds. The van der Waals surface area contributed by atoms with Crippen LogP contribution in [0.25, 0.3) is 0 Å². The SMILES string of the molecule is CCCC(O)c1cc(C)c(C)cc1OC. The zero-order chi connectivity index (χ0) is 11.4. The van der Waals surface area contributed by atoms with Gasteiger partial charge in [0.15, 0.2) is 0 Å². The van der Waals surface area contributed by atoms with Crippen molar-refractivity contribution in [2.75, 3.05) is 7.11 Å². The first-order valence-electron chi connectivity index (χ1n) is 5.43. The van der Waals surface area contributed by atoms with E-state index in [2.05, 4.69) is 13.8 Å². The average molecular weight is 208 g/mol. The van der Waals surface area contributed by atoms with E-state index < -0.39 is 6.10 Å². The minimum atomic E-state index is -0.413. The summed E-state index contributed by atoms with van der Waals surface area (Å²) in [4.78, 5) is 0. The van der Waals surface area contributed by atoms with Crippen LogP contribution in [0.4, 0.5) is 0 Å². The summed E-state index contributed by atoms with van der Waals surface area (Å²) in [6.07, 6.45) is 1.33. The number of ether oxygens (including phenoxy) is 1. The van der Waals surface area contributed by atoms with Gasteiger partial charge in [0.05, 0.1) is 13.2 Å². The van der Waals surface area contributed by atoms with E-state index in [1.165, 1.54) is 11.1 Å². The second-order valence-electron chi connectivity index (χ2n) is 3.98. The molecule has 1 aromatic rings. The highest BCUT2D eigenvalue weighted by atomic mass is 16.5. The standard InChI is InChI=1S/C13H20O2/c1-5-6-12(14)11-7-9(2)10(3)8-13(11)15-4/h7-8,12,14H,5-6H2,1-4H3. The first-order valence-corrected chi connectivity index (χ1v) is 5.43. The van der Waals surface area contributed by atoms with Gasteiger partial charge in [-0.1, -0.05) is 13.3 Å². The third kappa shape index (κ3) is 2.72. The highest BCUT2D eigenvalue weighted by molar-refractivity contribution is 5.42. The van der Waals surface area contributed by atoms with Crippen molar-refractivity contribution in [3.8, 4) is 5.75 Å². The molecule has 0 aromatic heterocycles. The lowest BCUT2D eigenvalue weighted by Gasteiger charge is -2.16. The van der Waals surface area contributed by atoms with Crippen molar-refractivity contribution in [1.29, 1.82) is 0 Å². The molecule has 0 fully saturated rings. The summed E-state index contributed by atoms with van der Waals surface area (Å²) in [5.74, 6) is 0.791. The predicted molar refractivity (Wildman–Crippen MR) is 62.3 cm³/mol. The van der Waals surface area contributed by atoms with Crippen LogP contribution in [0.2, 0.25) is 0 Å². The van der Waals surface area contributed by atoms with Gasteiger partial charge in [0.25, 0.3) is 0 Å². The Labute approximate surface area is 91.9 Å². The van der Waals surface area contributed by atoms with E-state index in [9.17, 15) is 5.11 Å². The number of hydrogen-bond acceptors (Lipinski definition) is 2. The molecule has 0 saturated carbocycles. The van der Waals surface area contributed by atoms with Crippen molar-refractivity contribution >= 4 is 0 Å². The maximum atomic E-state index is 9.97. The Morgan fingerprint density at radius 1 is 1.27 bits per heavy atom. The monoisotopic (exact) mass is 208 g/mol. The highest BCUT2D eigenvalue weighted by Crippen LogP contribution is 2.30. The lowest BCUT2D eigenvalue weighted by atomic mass is 9.99. The van der Waals surface area contributed by atoms with Crippen LogP contribution in [-0.2, 0) is 0 Å². The molecule has 0 aliphatic rings. The van der Waals surface area contributed by atoms with Crippen LogP contribution in [0.5, 0.6) is 5.75 Å². The smallest absolute Gasteiger partial charge is 0.124 e. The van der Waals surface area contributed by atoms with Crippen molar-refractivity contribution < 1.29 is 9.84 Å². The molecule has 1 atom stereocenters. The maximum Gasteiger partial charge on any atom is 0.124 e. The minimum Gasteiger partial charge on any atom is -0.496 e. The first-order chi connectivity index (χ1) is 7.10. The Bertz CT molecular complexity index is 332. The molecule has 0 aliphatic carbocycles. The van der Waals surface area contributed by atoms with Crippen molar-refractivity contribution in [3.63, 3.8) is 0 Å². The van der Waals surface area contributed by atoms with Crippen molar-refractivity contribution in [2.45, 2.75) is 39.7 Å². The van der Waals surface area contributed by atoms with Crippen LogP contribution in [0.1, 0.15) is 42.6 Å². The van der Waals surface area contributed by atoms with Crippen LogP contribution >= 0.6 is 0 Å². The first kappa shape index (κ1) is 12.1. The van der Waals surface area contributed by atoms with E-state index in [4.69, 9.17) is 4.74 Å². The molecule has 1 aromatic carbocycles. The van der Waals surface area contributed by atoms with Crippen molar-refractivity contribution in [1.82, 2.24) is 0 Å². The van der Waals surface area contributed by atoms with Gasteiger partial charge in [0, 0.05) is 5.56 Å². The Morgan fingerprint density at radius 3 is 2.40 bits per heavy atom. The van der Waals surface area contributed by atoms with E-state index in [0.29, 0.717) is 0 Å². The molecular formula is C13H20O2. The Morgan fingerprint density at radius 2 is 1.87 bits per heavy atom. The summed E-state index contributed by atoms with van der Waals surface area (Å²) in [5.41, 5.74) is 3.29. The summed E-state index contributed by atoms with van der Waals surface area (Å²) in [6.45, 7) is 6.17. The molecule has 0 saturated heterocycles. The van der Waals surface area contributed by atoms with E-state index in [1.54, 1.807) is 7.11 Å². The topological polar surface area (TPSA) is 29.5 Å². The quantitative estimate of drug-likeness (QED) is 0.823. The number of rotatable bonds is 4. The fourth-order valence-corrected chi connectivity index (χ4v) is 1.68. The summed E-state index contributed by atoms with van der Waals surface area (Å²) < 4.78 is 5.29. The van der Waals surface area contributed by atoms with Crippen LogP contribution in [0.3, 0.4) is 0 Å². The molecule has 1 unspecified atom stereocenters. The predicted octanol–water partition coefficient (Wildman–Crippen LogP) is 3.15. The second-order valence-corrected chi connectivity index (χ2v) is 3.98. The highest BCUT2D eigenvalue weighted by Gasteiger charge is 2.13. The summed E-state index contributed by atoms with van der Waals surface area (Å²) >= 11 is 0. The number of benzene rings is 1. The van der Waals surface area contributed by atoms with Crippen molar-refractivity contribution in [2.24, 2.45) is 0 Å². The van der Waals surface area contributed by atoms with Crippen LogP contribution in [-0.4, -0.2) is 12.2 Å². The van der Waals surface area contributed by atoms with E-state index in [1.807, 2.05) is 19.1 Å². The van der Waals surface area contributed by atoms with Gasteiger partial charge in [0.1, 0.15) is 5.75 Å². The number of aryl methyl sites for hydroxylation is 2. The zero-order valence-corrected chi connectivity index (χ0v) is 10.0. The molecule has 1 rings (SSSR count). The fourth-order valence-electron chi connectivity index (χ4n) is 1.68. The summed E-state index contributed by atoms with van der Waals surface area (Å²) in [6, 6.07) is 4.01. The summed E-state index contributed by atoms with van der Waals surface area (Å²) in [5, 5.41) is 9.97. The molecule has 2 heteroatoms. The van der Waals surface area contributed by atoms with Gasteiger partial charge in [-0.15, -0.1) is 0 Å². The molecule has 0 aliphatic heterocycles. The third-order valence-corrected chi connectivity index (χ3v) is 2.77. The van der Waals surface area contributed by atoms with Crippen LogP contribution < -0.4 is 4.74 Å². The molecule has 0 spiro atoms. The van der Waals surface area contributed by atoms with E-state index in [0.717, 1.165) is 24.2 Å².